The monoisotopic (exact) mass is 691 g/mol. The molecule has 0 aromatic heterocycles. The number of hydrogen-bond acceptors (Lipinski definition) is 7. The molecule has 3 N–H and O–H groups in total. The van der Waals surface area contributed by atoms with E-state index in [1.54, 1.807) is 23.9 Å². The number of halogens is 2. The van der Waals surface area contributed by atoms with Crippen LogP contribution in [0.2, 0.25) is 0 Å². The lowest BCUT2D eigenvalue weighted by atomic mass is 9.82. The Balaban J connectivity index is 1.37. The number of hydrazine groups is 1. The van der Waals surface area contributed by atoms with Crippen LogP contribution >= 0.6 is 27.7 Å². The van der Waals surface area contributed by atoms with Gasteiger partial charge >= 0.3 is 0 Å². The third-order valence-corrected chi connectivity index (χ3v) is 8.83. The second kappa shape index (κ2) is 16.0. The molecule has 1 aliphatic heterocycles. The Kier molecular flexibility index (Phi) is 11.6. The predicted molar refractivity (Wildman–Crippen MR) is 180 cm³/mol. The molecule has 234 valence electrons. The van der Waals surface area contributed by atoms with Crippen molar-refractivity contribution in [1.82, 2.24) is 10.9 Å². The molecule has 4 aromatic carbocycles. The molecular formula is C35H35BrFN3O4S. The van der Waals surface area contributed by atoms with Crippen molar-refractivity contribution in [3.05, 3.63) is 136 Å². The van der Waals surface area contributed by atoms with Gasteiger partial charge in [0.15, 0.2) is 11.6 Å². The van der Waals surface area contributed by atoms with Crippen LogP contribution in [0.5, 0.6) is 5.75 Å². The van der Waals surface area contributed by atoms with E-state index in [1.807, 2.05) is 78.9 Å². The largest absolute Gasteiger partial charge is 0.494 e. The molecule has 0 aliphatic carbocycles. The first-order chi connectivity index (χ1) is 22.0. The van der Waals surface area contributed by atoms with Crippen LogP contribution in [0.25, 0.3) is 0 Å². The molecule has 1 heterocycles. The van der Waals surface area contributed by atoms with Gasteiger partial charge in [-0.3, -0.25) is 10.2 Å². The van der Waals surface area contributed by atoms with Gasteiger partial charge < -0.3 is 14.6 Å². The SMILES string of the molecule is O=C(NNCCSCc1ccc(F)cc1)[C@@]1(Cc2ccc(Br)cc2)N=C(c2ccc(OCCCO)cc2)O[C@H]1c1ccccc1. The van der Waals surface area contributed by atoms with Crippen molar-refractivity contribution in [1.29, 1.82) is 0 Å². The second-order valence-electron chi connectivity index (χ2n) is 10.6. The van der Waals surface area contributed by atoms with Gasteiger partial charge in [0.1, 0.15) is 11.6 Å². The van der Waals surface area contributed by atoms with E-state index in [9.17, 15) is 9.18 Å². The van der Waals surface area contributed by atoms with Gasteiger partial charge in [0.2, 0.25) is 5.90 Å². The van der Waals surface area contributed by atoms with Crippen molar-refractivity contribution in [2.24, 2.45) is 4.99 Å². The number of aliphatic imine (C=N–C) groups is 1. The van der Waals surface area contributed by atoms with E-state index < -0.39 is 11.6 Å². The first-order valence-electron chi connectivity index (χ1n) is 14.7. The first-order valence-corrected chi connectivity index (χ1v) is 16.7. The fourth-order valence-electron chi connectivity index (χ4n) is 4.97. The number of hydrogen-bond donors (Lipinski definition) is 3. The molecular weight excluding hydrogens is 657 g/mol. The lowest BCUT2D eigenvalue weighted by Crippen LogP contribution is -2.54. The molecule has 1 aliphatic rings. The molecule has 0 saturated carbocycles. The van der Waals surface area contributed by atoms with E-state index in [0.717, 1.165) is 38.2 Å². The van der Waals surface area contributed by atoms with E-state index in [4.69, 9.17) is 19.6 Å². The molecule has 0 spiro atoms. The summed E-state index contributed by atoms with van der Waals surface area (Å²) in [4.78, 5) is 19.3. The Morgan fingerprint density at radius 1 is 0.978 bits per heavy atom. The van der Waals surface area contributed by atoms with Gasteiger partial charge in [0.25, 0.3) is 5.91 Å². The third kappa shape index (κ3) is 8.73. The molecule has 0 radical (unpaired) electrons. The Hall–Kier alpha value is -3.70. The highest BCUT2D eigenvalue weighted by Crippen LogP contribution is 2.42. The maximum Gasteiger partial charge on any atom is 0.266 e. The summed E-state index contributed by atoms with van der Waals surface area (Å²) in [6, 6.07) is 31.4. The van der Waals surface area contributed by atoms with E-state index in [0.29, 0.717) is 37.6 Å². The number of nitrogens with zero attached hydrogens (tertiary/aromatic N) is 1. The molecule has 10 heteroatoms. The predicted octanol–water partition coefficient (Wildman–Crippen LogP) is 6.40. The molecule has 0 unspecified atom stereocenters. The van der Waals surface area contributed by atoms with E-state index >= 15 is 0 Å². The van der Waals surface area contributed by atoms with Gasteiger partial charge in [0, 0.05) is 47.5 Å². The summed E-state index contributed by atoms with van der Waals surface area (Å²) in [5.74, 6) is 1.96. The fourth-order valence-corrected chi connectivity index (χ4v) is 6.05. The van der Waals surface area contributed by atoms with E-state index in [2.05, 4.69) is 26.8 Å². The summed E-state index contributed by atoms with van der Waals surface area (Å²) in [5, 5.41) is 9.04. The number of ether oxygens (including phenoxy) is 2. The molecule has 5 rings (SSSR count). The normalized spacial score (nSPS) is 17.4. The average Bonchev–Trinajstić information content (AvgIpc) is 3.46. The minimum Gasteiger partial charge on any atom is -0.494 e. The van der Waals surface area contributed by atoms with Gasteiger partial charge in [-0.05, 0) is 65.2 Å². The zero-order valence-corrected chi connectivity index (χ0v) is 27.0. The molecule has 7 nitrogen and oxygen atoms in total. The number of rotatable bonds is 15. The zero-order valence-electron chi connectivity index (χ0n) is 24.6. The highest BCUT2D eigenvalue weighted by molar-refractivity contribution is 9.10. The molecule has 0 bridgehead atoms. The highest BCUT2D eigenvalue weighted by atomic mass is 79.9. The van der Waals surface area contributed by atoms with E-state index in [1.165, 1.54) is 12.1 Å². The summed E-state index contributed by atoms with van der Waals surface area (Å²) in [5.41, 5.74) is 8.24. The van der Waals surface area contributed by atoms with Gasteiger partial charge in [-0.25, -0.2) is 14.8 Å². The average molecular weight is 693 g/mol. The number of amides is 1. The smallest absolute Gasteiger partial charge is 0.266 e. The van der Waals surface area contributed by atoms with E-state index in [-0.39, 0.29) is 18.3 Å². The molecule has 45 heavy (non-hydrogen) atoms. The topological polar surface area (TPSA) is 92.2 Å². The minimum absolute atomic E-state index is 0.0653. The van der Waals surface area contributed by atoms with Crippen LogP contribution in [0.3, 0.4) is 0 Å². The first kappa shape index (κ1) is 32.7. The Bertz CT molecular complexity index is 1560. The van der Waals surface area contributed by atoms with Crippen LogP contribution < -0.4 is 15.6 Å². The number of carbonyl (C=O) groups is 1. The number of aliphatic hydroxyl groups excluding tert-OH is 1. The zero-order chi connectivity index (χ0) is 31.5. The van der Waals surface area contributed by atoms with Gasteiger partial charge in [-0.15, -0.1) is 0 Å². The van der Waals surface area contributed by atoms with Crippen molar-refractivity contribution in [3.8, 4) is 5.75 Å². The maximum absolute atomic E-state index is 14.2. The van der Waals surface area contributed by atoms with Crippen LogP contribution in [0.4, 0.5) is 4.39 Å². The number of nitrogens with one attached hydrogen (secondary N) is 2. The third-order valence-electron chi connectivity index (χ3n) is 7.27. The Morgan fingerprint density at radius 2 is 1.69 bits per heavy atom. The number of benzene rings is 4. The molecule has 4 aromatic rings. The van der Waals surface area contributed by atoms with Crippen molar-refractivity contribution < 1.29 is 23.8 Å². The van der Waals surface area contributed by atoms with Crippen molar-refractivity contribution in [2.75, 3.05) is 25.5 Å². The Morgan fingerprint density at radius 3 is 2.40 bits per heavy atom. The second-order valence-corrected chi connectivity index (χ2v) is 12.6. The van der Waals surface area contributed by atoms with Gasteiger partial charge in [0.05, 0.1) is 6.61 Å². The van der Waals surface area contributed by atoms with Crippen LogP contribution in [-0.4, -0.2) is 48.0 Å². The Labute approximate surface area is 275 Å². The summed E-state index contributed by atoms with van der Waals surface area (Å²) in [6.45, 7) is 1.00. The van der Waals surface area contributed by atoms with Crippen LogP contribution in [0.1, 0.15) is 34.8 Å². The van der Waals surface area contributed by atoms with Crippen molar-refractivity contribution in [3.63, 3.8) is 0 Å². The lowest BCUT2D eigenvalue weighted by Gasteiger charge is -2.31. The summed E-state index contributed by atoms with van der Waals surface area (Å²) < 4.78 is 26.4. The summed E-state index contributed by atoms with van der Waals surface area (Å²) in [6.07, 6.45) is 0.163. The van der Waals surface area contributed by atoms with Crippen molar-refractivity contribution >= 4 is 39.5 Å². The maximum atomic E-state index is 14.2. The van der Waals surface area contributed by atoms with Crippen molar-refractivity contribution in [2.45, 2.75) is 30.2 Å². The number of thioether (sulfide) groups is 1. The minimum atomic E-state index is -1.31. The van der Waals surface area contributed by atoms with Gasteiger partial charge in [-0.1, -0.05) is 70.5 Å². The standard InChI is InChI=1S/C35H35BrFN3O4S/c36-29-13-7-25(8-14-29)23-35(34(42)40-38-19-22-45-24-26-9-15-30(37)16-10-26)32(27-5-2-1-3-6-27)44-33(39-35)28-11-17-31(18-12-28)43-21-4-20-41/h1-3,5-18,32,38,41H,4,19-24H2,(H,40,42)/t32-,35-/m0/s1. The molecule has 2 atom stereocenters. The summed E-state index contributed by atoms with van der Waals surface area (Å²) >= 11 is 5.19. The lowest BCUT2D eigenvalue weighted by molar-refractivity contribution is -0.130. The highest BCUT2D eigenvalue weighted by Gasteiger charge is 2.53. The summed E-state index contributed by atoms with van der Waals surface area (Å²) in [7, 11) is 0. The van der Waals surface area contributed by atoms with Gasteiger partial charge in [-0.2, -0.15) is 11.8 Å². The molecule has 0 fully saturated rings. The number of aliphatic hydroxyl groups is 1. The fraction of sp³-hybridized carbons (Fsp3) is 0.257. The quantitative estimate of drug-likeness (QED) is 0.0987. The molecule has 1 amide bonds. The number of carbonyl (C=O) groups excluding carboxylic acids is 1. The van der Waals surface area contributed by atoms with Crippen LogP contribution in [-0.2, 0) is 21.7 Å². The molecule has 0 saturated heterocycles. The van der Waals surface area contributed by atoms with Crippen LogP contribution in [0.15, 0.2) is 113 Å². The van der Waals surface area contributed by atoms with Crippen LogP contribution in [0, 0.1) is 5.82 Å².